The number of rotatable bonds is 10. The van der Waals surface area contributed by atoms with E-state index < -0.39 is 0 Å². The molecule has 6 nitrogen and oxygen atoms in total. The molecule has 0 saturated heterocycles. The lowest BCUT2D eigenvalue weighted by molar-refractivity contribution is -0.116. The fourth-order valence-corrected chi connectivity index (χ4v) is 2.30. The van der Waals surface area contributed by atoms with Gasteiger partial charge in [0.1, 0.15) is 5.75 Å². The predicted octanol–water partition coefficient (Wildman–Crippen LogP) is 2.86. The number of carbonyl (C=O) groups excluding carboxylic acids is 2. The number of ether oxygens (including phenoxy) is 2. The summed E-state index contributed by atoms with van der Waals surface area (Å²) in [6.45, 7) is 1.30. The summed E-state index contributed by atoms with van der Waals surface area (Å²) in [6.07, 6.45) is 0.898. The van der Waals surface area contributed by atoms with Crippen LogP contribution in [-0.4, -0.2) is 38.7 Å². The first kappa shape index (κ1) is 19.5. The Morgan fingerprint density at radius 3 is 2.46 bits per heavy atom. The van der Waals surface area contributed by atoms with Gasteiger partial charge in [0, 0.05) is 20.1 Å². The van der Waals surface area contributed by atoms with Crippen LogP contribution in [0.1, 0.15) is 23.2 Å². The van der Waals surface area contributed by atoms with Crippen LogP contribution >= 0.6 is 0 Å². The van der Waals surface area contributed by atoms with Crippen molar-refractivity contribution in [3.8, 4) is 5.75 Å². The molecular formula is C20H24N2O4. The minimum atomic E-state index is -0.245. The van der Waals surface area contributed by atoms with Gasteiger partial charge in [0.05, 0.1) is 24.5 Å². The fourth-order valence-electron chi connectivity index (χ4n) is 2.30. The van der Waals surface area contributed by atoms with Gasteiger partial charge in [0.2, 0.25) is 5.91 Å². The summed E-state index contributed by atoms with van der Waals surface area (Å²) in [6, 6.07) is 16.4. The molecule has 0 fully saturated rings. The molecule has 0 aromatic heterocycles. The number of hydrogen-bond acceptors (Lipinski definition) is 4. The highest BCUT2D eigenvalue weighted by atomic mass is 16.5. The van der Waals surface area contributed by atoms with Crippen LogP contribution in [0.15, 0.2) is 54.6 Å². The molecule has 2 amide bonds. The van der Waals surface area contributed by atoms with Gasteiger partial charge in [-0.1, -0.05) is 30.3 Å². The van der Waals surface area contributed by atoms with Crippen molar-refractivity contribution in [1.82, 2.24) is 5.32 Å². The number of para-hydroxylation sites is 2. The predicted molar refractivity (Wildman–Crippen MR) is 100 cm³/mol. The maximum atomic E-state index is 12.2. The first-order chi connectivity index (χ1) is 12.7. The summed E-state index contributed by atoms with van der Waals surface area (Å²) < 4.78 is 10.5. The fraction of sp³-hybridized carbons (Fsp3) is 0.300. The number of amides is 2. The quantitative estimate of drug-likeness (QED) is 0.642. The molecular weight excluding hydrogens is 332 g/mol. The highest BCUT2D eigenvalue weighted by Gasteiger charge is 2.12. The number of methoxy groups -OCH3 is 1. The van der Waals surface area contributed by atoms with E-state index in [0.29, 0.717) is 43.9 Å². The third-order valence-electron chi connectivity index (χ3n) is 3.60. The monoisotopic (exact) mass is 356 g/mol. The summed E-state index contributed by atoms with van der Waals surface area (Å²) in [4.78, 5) is 24.3. The molecule has 2 aromatic rings. The lowest BCUT2D eigenvalue weighted by atomic mass is 10.1. The standard InChI is InChI=1S/C20H24N2O4/c1-25-15-13-21-20(24)17-10-5-6-11-18(17)22-19(23)12-7-14-26-16-8-3-2-4-9-16/h2-6,8-11H,7,12-15H2,1H3,(H,21,24)(H,22,23). The topological polar surface area (TPSA) is 76.7 Å². The summed E-state index contributed by atoms with van der Waals surface area (Å²) in [5.41, 5.74) is 0.925. The summed E-state index contributed by atoms with van der Waals surface area (Å²) >= 11 is 0. The van der Waals surface area contributed by atoms with E-state index in [9.17, 15) is 9.59 Å². The molecule has 2 rings (SSSR count). The van der Waals surface area contributed by atoms with E-state index in [2.05, 4.69) is 10.6 Å². The molecule has 0 radical (unpaired) electrons. The first-order valence-corrected chi connectivity index (χ1v) is 8.54. The van der Waals surface area contributed by atoms with Crippen LogP contribution < -0.4 is 15.4 Å². The first-order valence-electron chi connectivity index (χ1n) is 8.54. The zero-order valence-corrected chi connectivity index (χ0v) is 14.9. The van der Waals surface area contributed by atoms with Gasteiger partial charge < -0.3 is 20.1 Å². The average molecular weight is 356 g/mol. The molecule has 0 atom stereocenters. The Kier molecular flexibility index (Phi) is 8.15. The molecule has 0 aliphatic carbocycles. The summed E-state index contributed by atoms with van der Waals surface area (Å²) in [5, 5.41) is 5.54. The highest BCUT2D eigenvalue weighted by molar-refractivity contribution is 6.03. The highest BCUT2D eigenvalue weighted by Crippen LogP contribution is 2.15. The molecule has 0 saturated carbocycles. The largest absolute Gasteiger partial charge is 0.494 e. The molecule has 0 unspecified atom stereocenters. The molecule has 2 N–H and O–H groups in total. The van der Waals surface area contributed by atoms with Gasteiger partial charge in [-0.25, -0.2) is 0 Å². The van der Waals surface area contributed by atoms with Gasteiger partial charge in [-0.3, -0.25) is 9.59 Å². The van der Waals surface area contributed by atoms with E-state index in [1.165, 1.54) is 0 Å². The van der Waals surface area contributed by atoms with Crippen LogP contribution in [0.2, 0.25) is 0 Å². The van der Waals surface area contributed by atoms with Crippen LogP contribution in [0.3, 0.4) is 0 Å². The molecule has 138 valence electrons. The van der Waals surface area contributed by atoms with Crippen LogP contribution in [0.25, 0.3) is 0 Å². The number of nitrogens with one attached hydrogen (secondary N) is 2. The van der Waals surface area contributed by atoms with Crippen molar-refractivity contribution in [1.29, 1.82) is 0 Å². The van der Waals surface area contributed by atoms with Crippen molar-refractivity contribution in [3.63, 3.8) is 0 Å². The molecule has 0 bridgehead atoms. The lowest BCUT2D eigenvalue weighted by Crippen LogP contribution is -2.28. The summed E-state index contributed by atoms with van der Waals surface area (Å²) in [7, 11) is 1.57. The average Bonchev–Trinajstić information content (AvgIpc) is 2.66. The SMILES string of the molecule is COCCNC(=O)c1ccccc1NC(=O)CCCOc1ccccc1. The Balaban J connectivity index is 1.80. The van der Waals surface area contributed by atoms with Gasteiger partial charge in [0.15, 0.2) is 0 Å². The normalized spacial score (nSPS) is 10.2. The maximum absolute atomic E-state index is 12.2. The van der Waals surface area contributed by atoms with Crippen molar-refractivity contribution in [2.75, 3.05) is 32.2 Å². The number of hydrogen-bond donors (Lipinski definition) is 2. The van der Waals surface area contributed by atoms with Gasteiger partial charge in [-0.05, 0) is 30.7 Å². The maximum Gasteiger partial charge on any atom is 0.253 e. The molecule has 26 heavy (non-hydrogen) atoms. The Hall–Kier alpha value is -2.86. The molecule has 0 aliphatic rings. The van der Waals surface area contributed by atoms with Crippen molar-refractivity contribution in [2.24, 2.45) is 0 Å². The second-order valence-electron chi connectivity index (χ2n) is 5.61. The Bertz CT molecular complexity index is 704. The minimum Gasteiger partial charge on any atom is -0.494 e. The van der Waals surface area contributed by atoms with Gasteiger partial charge in [-0.2, -0.15) is 0 Å². The van der Waals surface area contributed by atoms with Gasteiger partial charge >= 0.3 is 0 Å². The van der Waals surface area contributed by atoms with E-state index in [4.69, 9.17) is 9.47 Å². The van der Waals surface area contributed by atoms with E-state index >= 15 is 0 Å². The van der Waals surface area contributed by atoms with E-state index in [-0.39, 0.29) is 11.8 Å². The van der Waals surface area contributed by atoms with Crippen molar-refractivity contribution in [3.05, 3.63) is 60.2 Å². The zero-order chi connectivity index (χ0) is 18.6. The van der Waals surface area contributed by atoms with Crippen LogP contribution in [-0.2, 0) is 9.53 Å². The van der Waals surface area contributed by atoms with E-state index in [1.54, 1.807) is 31.4 Å². The van der Waals surface area contributed by atoms with Crippen molar-refractivity contribution in [2.45, 2.75) is 12.8 Å². The van der Waals surface area contributed by atoms with E-state index in [1.807, 2.05) is 30.3 Å². The minimum absolute atomic E-state index is 0.154. The number of carbonyl (C=O) groups is 2. The Morgan fingerprint density at radius 2 is 1.69 bits per heavy atom. The second-order valence-corrected chi connectivity index (χ2v) is 5.61. The van der Waals surface area contributed by atoms with Crippen LogP contribution in [0, 0.1) is 0 Å². The smallest absolute Gasteiger partial charge is 0.253 e. The third-order valence-corrected chi connectivity index (χ3v) is 3.60. The Labute approximate surface area is 153 Å². The third kappa shape index (κ3) is 6.57. The number of anilines is 1. The molecule has 6 heteroatoms. The van der Waals surface area contributed by atoms with Crippen LogP contribution in [0.4, 0.5) is 5.69 Å². The van der Waals surface area contributed by atoms with Crippen molar-refractivity contribution < 1.29 is 19.1 Å². The molecule has 2 aromatic carbocycles. The molecule has 0 heterocycles. The molecule has 0 spiro atoms. The molecule has 0 aliphatic heterocycles. The Morgan fingerprint density at radius 1 is 0.962 bits per heavy atom. The van der Waals surface area contributed by atoms with Gasteiger partial charge in [-0.15, -0.1) is 0 Å². The number of benzene rings is 2. The van der Waals surface area contributed by atoms with Gasteiger partial charge in [0.25, 0.3) is 5.91 Å². The zero-order valence-electron chi connectivity index (χ0n) is 14.9. The van der Waals surface area contributed by atoms with Crippen LogP contribution in [0.5, 0.6) is 5.75 Å². The lowest BCUT2D eigenvalue weighted by Gasteiger charge is -2.11. The second kappa shape index (κ2) is 10.9. The summed E-state index contributed by atoms with van der Waals surface area (Å²) in [5.74, 6) is 0.384. The van der Waals surface area contributed by atoms with Crippen molar-refractivity contribution >= 4 is 17.5 Å². The van der Waals surface area contributed by atoms with E-state index in [0.717, 1.165) is 5.75 Å².